The summed E-state index contributed by atoms with van der Waals surface area (Å²) in [4.78, 5) is 28.8. The molecule has 0 bridgehead atoms. The van der Waals surface area contributed by atoms with Crippen LogP contribution in [0.1, 0.15) is 55.3 Å². The molecular weight excluding hydrogens is 444 g/mol. The molecule has 0 heterocycles. The van der Waals surface area contributed by atoms with Crippen LogP contribution in [0.2, 0.25) is 5.02 Å². The van der Waals surface area contributed by atoms with Crippen LogP contribution in [0, 0.1) is 0 Å². The SMILES string of the molecule is CCCCCNC(=O)[C@@H](c1ccccc1)N(Cc1ccc(Cl)cc1)C(=O)CCc1ccccc1. The molecule has 1 N–H and O–H groups in total. The number of aryl methyl sites for hydroxylation is 1. The molecule has 0 unspecified atom stereocenters. The Morgan fingerprint density at radius 3 is 2.15 bits per heavy atom. The number of rotatable bonds is 12. The monoisotopic (exact) mass is 476 g/mol. The molecule has 1 atom stereocenters. The number of benzene rings is 3. The molecule has 0 spiro atoms. The molecule has 34 heavy (non-hydrogen) atoms. The van der Waals surface area contributed by atoms with E-state index >= 15 is 0 Å². The average molecular weight is 477 g/mol. The van der Waals surface area contributed by atoms with Crippen molar-refractivity contribution < 1.29 is 9.59 Å². The van der Waals surface area contributed by atoms with Crippen molar-refractivity contribution in [3.63, 3.8) is 0 Å². The van der Waals surface area contributed by atoms with E-state index in [-0.39, 0.29) is 11.8 Å². The molecule has 178 valence electrons. The Kier molecular flexibility index (Phi) is 10.2. The third kappa shape index (κ3) is 7.74. The Labute approximate surface area is 207 Å². The molecule has 2 amide bonds. The second kappa shape index (κ2) is 13.6. The fourth-order valence-corrected chi connectivity index (χ4v) is 4.07. The van der Waals surface area contributed by atoms with Gasteiger partial charge in [0.2, 0.25) is 11.8 Å². The van der Waals surface area contributed by atoms with E-state index in [1.807, 2.05) is 84.9 Å². The molecule has 0 radical (unpaired) electrons. The molecule has 0 aliphatic carbocycles. The fraction of sp³-hybridized carbons (Fsp3) is 0.310. The van der Waals surface area contributed by atoms with E-state index in [0.29, 0.717) is 31.0 Å². The Morgan fingerprint density at radius 1 is 0.853 bits per heavy atom. The first-order valence-corrected chi connectivity index (χ1v) is 12.4. The van der Waals surface area contributed by atoms with Gasteiger partial charge in [0.05, 0.1) is 0 Å². The van der Waals surface area contributed by atoms with E-state index in [9.17, 15) is 9.59 Å². The number of nitrogens with zero attached hydrogens (tertiary/aromatic N) is 1. The zero-order valence-electron chi connectivity index (χ0n) is 19.8. The first-order valence-electron chi connectivity index (χ1n) is 12.0. The van der Waals surface area contributed by atoms with E-state index in [4.69, 9.17) is 11.6 Å². The van der Waals surface area contributed by atoms with Crippen LogP contribution in [0.25, 0.3) is 0 Å². The number of unbranched alkanes of at least 4 members (excludes halogenated alkanes) is 2. The van der Waals surface area contributed by atoms with Crippen molar-refractivity contribution in [3.05, 3.63) is 107 Å². The Morgan fingerprint density at radius 2 is 1.50 bits per heavy atom. The summed E-state index contributed by atoms with van der Waals surface area (Å²) >= 11 is 6.08. The smallest absolute Gasteiger partial charge is 0.247 e. The Bertz CT molecular complexity index is 1020. The van der Waals surface area contributed by atoms with Gasteiger partial charge in [0, 0.05) is 24.5 Å². The zero-order chi connectivity index (χ0) is 24.2. The third-order valence-corrected chi connectivity index (χ3v) is 6.06. The standard InChI is InChI=1S/C29H33ClN2O2/c1-2-3-10-21-31-29(34)28(25-13-8-5-9-14-25)32(22-24-15-18-26(30)19-16-24)27(33)20-17-23-11-6-4-7-12-23/h4-9,11-16,18-19,28H,2-3,10,17,20-22H2,1H3,(H,31,34)/t28-/m1/s1. The zero-order valence-corrected chi connectivity index (χ0v) is 20.5. The van der Waals surface area contributed by atoms with Crippen molar-refractivity contribution in [1.29, 1.82) is 0 Å². The van der Waals surface area contributed by atoms with Gasteiger partial charge in [-0.3, -0.25) is 9.59 Å². The van der Waals surface area contributed by atoms with Gasteiger partial charge in [-0.05, 0) is 41.7 Å². The summed E-state index contributed by atoms with van der Waals surface area (Å²) in [6.07, 6.45) is 4.00. The molecule has 3 rings (SSSR count). The van der Waals surface area contributed by atoms with Gasteiger partial charge in [0.15, 0.2) is 0 Å². The van der Waals surface area contributed by atoms with Crippen LogP contribution in [0.3, 0.4) is 0 Å². The average Bonchev–Trinajstić information content (AvgIpc) is 2.87. The fourth-order valence-electron chi connectivity index (χ4n) is 3.94. The molecule has 4 nitrogen and oxygen atoms in total. The lowest BCUT2D eigenvalue weighted by molar-refractivity contribution is -0.141. The van der Waals surface area contributed by atoms with E-state index in [0.717, 1.165) is 36.0 Å². The topological polar surface area (TPSA) is 49.4 Å². The van der Waals surface area contributed by atoms with Gasteiger partial charge in [0.1, 0.15) is 6.04 Å². The summed E-state index contributed by atoms with van der Waals surface area (Å²) in [5.41, 5.74) is 2.83. The quantitative estimate of drug-likeness (QED) is 0.310. The van der Waals surface area contributed by atoms with Crippen LogP contribution in [-0.2, 0) is 22.6 Å². The lowest BCUT2D eigenvalue weighted by atomic mass is 10.0. The lowest BCUT2D eigenvalue weighted by Crippen LogP contribution is -2.43. The highest BCUT2D eigenvalue weighted by Crippen LogP contribution is 2.25. The Balaban J connectivity index is 1.88. The van der Waals surface area contributed by atoms with E-state index in [1.54, 1.807) is 4.90 Å². The largest absolute Gasteiger partial charge is 0.354 e. The second-order valence-electron chi connectivity index (χ2n) is 8.45. The van der Waals surface area contributed by atoms with Gasteiger partial charge < -0.3 is 10.2 Å². The maximum absolute atomic E-state index is 13.6. The van der Waals surface area contributed by atoms with Gasteiger partial charge in [0.25, 0.3) is 0 Å². The third-order valence-electron chi connectivity index (χ3n) is 5.81. The van der Waals surface area contributed by atoms with Gasteiger partial charge in [-0.2, -0.15) is 0 Å². The van der Waals surface area contributed by atoms with Crippen molar-refractivity contribution in [2.45, 2.75) is 51.6 Å². The summed E-state index contributed by atoms with van der Waals surface area (Å²) in [5.74, 6) is -0.208. The molecule has 3 aromatic carbocycles. The first kappa shape index (κ1) is 25.5. The van der Waals surface area contributed by atoms with Crippen LogP contribution in [0.4, 0.5) is 0 Å². The molecule has 0 fully saturated rings. The molecular formula is C29H33ClN2O2. The van der Waals surface area contributed by atoms with Gasteiger partial charge in [-0.25, -0.2) is 0 Å². The number of amides is 2. The maximum atomic E-state index is 13.6. The van der Waals surface area contributed by atoms with Crippen molar-refractivity contribution in [1.82, 2.24) is 10.2 Å². The minimum Gasteiger partial charge on any atom is -0.354 e. The summed E-state index contributed by atoms with van der Waals surface area (Å²) in [7, 11) is 0. The van der Waals surface area contributed by atoms with Gasteiger partial charge in [-0.15, -0.1) is 0 Å². The summed E-state index contributed by atoms with van der Waals surface area (Å²) in [6.45, 7) is 3.06. The van der Waals surface area contributed by atoms with Crippen LogP contribution in [0.15, 0.2) is 84.9 Å². The van der Waals surface area contributed by atoms with Crippen LogP contribution in [0.5, 0.6) is 0 Å². The second-order valence-corrected chi connectivity index (χ2v) is 8.88. The minimum atomic E-state index is -0.707. The lowest BCUT2D eigenvalue weighted by Gasteiger charge is -2.32. The summed E-state index contributed by atoms with van der Waals surface area (Å²) in [6, 6.07) is 26.2. The number of carbonyl (C=O) groups is 2. The number of hydrogen-bond donors (Lipinski definition) is 1. The summed E-state index contributed by atoms with van der Waals surface area (Å²) in [5, 5.41) is 3.70. The van der Waals surface area contributed by atoms with Crippen LogP contribution in [-0.4, -0.2) is 23.3 Å². The molecule has 5 heteroatoms. The highest BCUT2D eigenvalue weighted by molar-refractivity contribution is 6.30. The molecule has 0 aromatic heterocycles. The normalized spacial score (nSPS) is 11.6. The van der Waals surface area contributed by atoms with E-state index in [2.05, 4.69) is 12.2 Å². The number of nitrogens with one attached hydrogen (secondary N) is 1. The molecule has 3 aromatic rings. The number of halogens is 1. The predicted molar refractivity (Wildman–Crippen MR) is 138 cm³/mol. The van der Waals surface area contributed by atoms with Gasteiger partial charge >= 0.3 is 0 Å². The molecule has 0 saturated heterocycles. The summed E-state index contributed by atoms with van der Waals surface area (Å²) < 4.78 is 0. The first-order chi connectivity index (χ1) is 16.6. The van der Waals surface area contributed by atoms with E-state index < -0.39 is 6.04 Å². The minimum absolute atomic E-state index is 0.0589. The van der Waals surface area contributed by atoms with Crippen molar-refractivity contribution in [2.24, 2.45) is 0 Å². The van der Waals surface area contributed by atoms with Gasteiger partial charge in [-0.1, -0.05) is 104 Å². The molecule has 0 saturated carbocycles. The highest BCUT2D eigenvalue weighted by Gasteiger charge is 2.31. The van der Waals surface area contributed by atoms with Crippen molar-refractivity contribution in [2.75, 3.05) is 6.54 Å². The number of carbonyl (C=O) groups excluding carboxylic acids is 2. The highest BCUT2D eigenvalue weighted by atomic mass is 35.5. The number of hydrogen-bond acceptors (Lipinski definition) is 2. The predicted octanol–water partition coefficient (Wildman–Crippen LogP) is 6.35. The van der Waals surface area contributed by atoms with Crippen molar-refractivity contribution >= 4 is 23.4 Å². The molecule has 0 aliphatic rings. The van der Waals surface area contributed by atoms with Crippen LogP contribution < -0.4 is 5.32 Å². The maximum Gasteiger partial charge on any atom is 0.247 e. The van der Waals surface area contributed by atoms with Crippen LogP contribution >= 0.6 is 11.6 Å². The van der Waals surface area contributed by atoms with E-state index in [1.165, 1.54) is 0 Å². The van der Waals surface area contributed by atoms with Crippen molar-refractivity contribution in [3.8, 4) is 0 Å². The molecule has 0 aliphatic heterocycles. The Hall–Kier alpha value is -3.11.